The van der Waals surface area contributed by atoms with E-state index < -0.39 is 0 Å². The Labute approximate surface area is 196 Å². The predicted octanol–water partition coefficient (Wildman–Crippen LogP) is 6.83. The molecule has 0 fully saturated rings. The van der Waals surface area contributed by atoms with Crippen molar-refractivity contribution in [2.24, 2.45) is 0 Å². The standard InChI is InChI=1S/C28H30ClN3/c29-25-14-15-26-27(16-18-31-28(26)21-25)30-17-8-20-32(22-24-11-5-2-6-12-24)19-7-13-23-9-3-1-4-10-23/h1-6,9-12,14-16,18,21H,7-8,13,17,19-20,22H2,(H,30,31). The molecular weight excluding hydrogens is 414 g/mol. The zero-order chi connectivity index (χ0) is 22.0. The number of benzene rings is 3. The Kier molecular flexibility index (Phi) is 8.13. The summed E-state index contributed by atoms with van der Waals surface area (Å²) < 4.78 is 0. The fourth-order valence-electron chi connectivity index (χ4n) is 4.06. The summed E-state index contributed by atoms with van der Waals surface area (Å²) in [4.78, 5) is 7.01. The fraction of sp³-hybridized carbons (Fsp3) is 0.250. The highest BCUT2D eigenvalue weighted by Crippen LogP contribution is 2.24. The van der Waals surface area contributed by atoms with Crippen molar-refractivity contribution in [2.75, 3.05) is 25.0 Å². The topological polar surface area (TPSA) is 28.2 Å². The summed E-state index contributed by atoms with van der Waals surface area (Å²) in [7, 11) is 0. The minimum atomic E-state index is 0.717. The molecule has 0 amide bonds. The predicted molar refractivity (Wildman–Crippen MR) is 136 cm³/mol. The molecular formula is C28H30ClN3. The molecule has 0 saturated heterocycles. The highest BCUT2D eigenvalue weighted by molar-refractivity contribution is 6.31. The highest BCUT2D eigenvalue weighted by atomic mass is 35.5. The van der Waals surface area contributed by atoms with Crippen LogP contribution in [-0.4, -0.2) is 29.5 Å². The van der Waals surface area contributed by atoms with Crippen LogP contribution in [0.2, 0.25) is 5.02 Å². The third-order valence-electron chi connectivity index (χ3n) is 5.70. The molecule has 4 aromatic rings. The van der Waals surface area contributed by atoms with Gasteiger partial charge in [-0.1, -0.05) is 72.3 Å². The van der Waals surface area contributed by atoms with Gasteiger partial charge in [0.25, 0.3) is 0 Å². The monoisotopic (exact) mass is 443 g/mol. The van der Waals surface area contributed by atoms with Gasteiger partial charge in [-0.25, -0.2) is 0 Å². The average molecular weight is 444 g/mol. The first-order valence-electron chi connectivity index (χ1n) is 11.4. The quantitative estimate of drug-likeness (QED) is 0.257. The summed E-state index contributed by atoms with van der Waals surface area (Å²) in [5.41, 5.74) is 4.83. The summed E-state index contributed by atoms with van der Waals surface area (Å²) in [6.45, 7) is 4.07. The number of hydrogen-bond donors (Lipinski definition) is 1. The second-order valence-electron chi connectivity index (χ2n) is 8.15. The lowest BCUT2D eigenvalue weighted by Gasteiger charge is -2.23. The van der Waals surface area contributed by atoms with E-state index >= 15 is 0 Å². The molecule has 0 saturated carbocycles. The lowest BCUT2D eigenvalue weighted by molar-refractivity contribution is 0.261. The number of anilines is 1. The van der Waals surface area contributed by atoms with Crippen molar-refractivity contribution < 1.29 is 0 Å². The molecule has 0 atom stereocenters. The Morgan fingerprint density at radius 1 is 0.781 bits per heavy atom. The largest absolute Gasteiger partial charge is 0.384 e. The molecule has 0 radical (unpaired) electrons. The van der Waals surface area contributed by atoms with Gasteiger partial charge in [-0.05, 0) is 61.2 Å². The molecule has 0 aliphatic heterocycles. The van der Waals surface area contributed by atoms with Gasteiger partial charge in [0.15, 0.2) is 0 Å². The Bertz CT molecular complexity index is 1100. The molecule has 1 heterocycles. The van der Waals surface area contributed by atoms with Gasteiger partial charge < -0.3 is 5.32 Å². The normalized spacial score (nSPS) is 11.2. The number of aryl methyl sites for hydroxylation is 1. The minimum Gasteiger partial charge on any atom is -0.384 e. The molecule has 4 rings (SSSR count). The van der Waals surface area contributed by atoms with Gasteiger partial charge in [-0.3, -0.25) is 9.88 Å². The average Bonchev–Trinajstić information content (AvgIpc) is 2.83. The molecule has 0 aliphatic carbocycles. The van der Waals surface area contributed by atoms with Gasteiger partial charge in [-0.15, -0.1) is 0 Å². The van der Waals surface area contributed by atoms with Crippen LogP contribution in [-0.2, 0) is 13.0 Å². The zero-order valence-corrected chi connectivity index (χ0v) is 19.1. The minimum absolute atomic E-state index is 0.717. The number of rotatable bonds is 11. The number of pyridine rings is 1. The first-order valence-corrected chi connectivity index (χ1v) is 11.7. The van der Waals surface area contributed by atoms with Gasteiger partial charge in [0.1, 0.15) is 0 Å². The van der Waals surface area contributed by atoms with Crippen molar-refractivity contribution in [3.63, 3.8) is 0 Å². The number of aromatic nitrogens is 1. The maximum Gasteiger partial charge on any atom is 0.0737 e. The van der Waals surface area contributed by atoms with Crippen LogP contribution >= 0.6 is 11.6 Å². The lowest BCUT2D eigenvalue weighted by Crippen LogP contribution is -2.27. The molecule has 0 unspecified atom stereocenters. The molecule has 1 aromatic heterocycles. The van der Waals surface area contributed by atoms with Crippen LogP contribution in [0.4, 0.5) is 5.69 Å². The van der Waals surface area contributed by atoms with E-state index in [2.05, 4.69) is 75.9 Å². The first-order chi connectivity index (χ1) is 15.8. The van der Waals surface area contributed by atoms with Gasteiger partial charge in [0.2, 0.25) is 0 Å². The Morgan fingerprint density at radius 3 is 2.28 bits per heavy atom. The summed E-state index contributed by atoms with van der Waals surface area (Å²) in [5.74, 6) is 0. The van der Waals surface area contributed by atoms with Crippen LogP contribution in [0.15, 0.2) is 91.1 Å². The van der Waals surface area contributed by atoms with E-state index in [-0.39, 0.29) is 0 Å². The SMILES string of the molecule is Clc1ccc2c(NCCCN(CCCc3ccccc3)Cc3ccccc3)ccnc2c1. The number of hydrogen-bond acceptors (Lipinski definition) is 3. The van der Waals surface area contributed by atoms with Crippen LogP contribution in [0.3, 0.4) is 0 Å². The van der Waals surface area contributed by atoms with Gasteiger partial charge in [0.05, 0.1) is 5.52 Å². The summed E-state index contributed by atoms with van der Waals surface area (Å²) in [6, 6.07) is 29.5. The Balaban J connectivity index is 1.31. The molecule has 4 heteroatoms. The van der Waals surface area contributed by atoms with Crippen molar-refractivity contribution in [3.05, 3.63) is 107 Å². The Hall–Kier alpha value is -2.88. The first kappa shape index (κ1) is 22.3. The van der Waals surface area contributed by atoms with Crippen molar-refractivity contribution in [1.29, 1.82) is 0 Å². The lowest BCUT2D eigenvalue weighted by atomic mass is 10.1. The third kappa shape index (κ3) is 6.56. The molecule has 0 aliphatic rings. The van der Waals surface area contributed by atoms with E-state index in [9.17, 15) is 0 Å². The van der Waals surface area contributed by atoms with Crippen molar-refractivity contribution in [1.82, 2.24) is 9.88 Å². The number of nitrogens with zero attached hydrogens (tertiary/aromatic N) is 2. The van der Waals surface area contributed by atoms with Crippen LogP contribution in [0, 0.1) is 0 Å². The Morgan fingerprint density at radius 2 is 1.50 bits per heavy atom. The van der Waals surface area contributed by atoms with Crippen LogP contribution in [0.25, 0.3) is 10.9 Å². The van der Waals surface area contributed by atoms with Gasteiger partial charge in [0, 0.05) is 41.9 Å². The molecule has 164 valence electrons. The van der Waals surface area contributed by atoms with E-state index in [0.29, 0.717) is 5.02 Å². The smallest absolute Gasteiger partial charge is 0.0737 e. The second-order valence-corrected chi connectivity index (χ2v) is 8.59. The molecule has 1 N–H and O–H groups in total. The number of fused-ring (bicyclic) bond motifs is 1. The summed E-state index contributed by atoms with van der Waals surface area (Å²) >= 11 is 6.11. The highest BCUT2D eigenvalue weighted by Gasteiger charge is 2.07. The van der Waals surface area contributed by atoms with Gasteiger partial charge >= 0.3 is 0 Å². The molecule has 0 bridgehead atoms. The maximum absolute atomic E-state index is 6.11. The number of halogens is 1. The van der Waals surface area contributed by atoms with E-state index in [4.69, 9.17) is 11.6 Å². The van der Waals surface area contributed by atoms with Crippen LogP contribution in [0.5, 0.6) is 0 Å². The molecule has 3 aromatic carbocycles. The van der Waals surface area contributed by atoms with Crippen LogP contribution in [0.1, 0.15) is 24.0 Å². The fourth-order valence-corrected chi connectivity index (χ4v) is 4.23. The van der Waals surface area contributed by atoms with E-state index in [1.54, 1.807) is 0 Å². The van der Waals surface area contributed by atoms with E-state index in [0.717, 1.165) is 55.6 Å². The van der Waals surface area contributed by atoms with Crippen molar-refractivity contribution in [2.45, 2.75) is 25.8 Å². The molecule has 3 nitrogen and oxygen atoms in total. The zero-order valence-electron chi connectivity index (χ0n) is 18.4. The van der Waals surface area contributed by atoms with Crippen LogP contribution < -0.4 is 5.32 Å². The van der Waals surface area contributed by atoms with Crippen molar-refractivity contribution in [3.8, 4) is 0 Å². The molecule has 32 heavy (non-hydrogen) atoms. The summed E-state index contributed by atoms with van der Waals surface area (Å²) in [6.07, 6.45) is 5.21. The van der Waals surface area contributed by atoms with Gasteiger partial charge in [-0.2, -0.15) is 0 Å². The number of nitrogens with one attached hydrogen (secondary N) is 1. The second kappa shape index (κ2) is 11.7. The van der Waals surface area contributed by atoms with E-state index in [1.165, 1.54) is 17.5 Å². The third-order valence-corrected chi connectivity index (χ3v) is 5.94. The van der Waals surface area contributed by atoms with Crippen molar-refractivity contribution >= 4 is 28.2 Å². The maximum atomic E-state index is 6.11. The van der Waals surface area contributed by atoms with E-state index in [1.807, 2.05) is 30.5 Å². The molecule has 0 spiro atoms. The summed E-state index contributed by atoms with van der Waals surface area (Å²) in [5, 5.41) is 5.43.